The minimum Gasteiger partial charge on any atom is -0.481 e. The Labute approximate surface area is 387 Å². The van der Waals surface area contributed by atoms with Crippen LogP contribution in [0, 0.1) is 6.92 Å². The molecule has 8 rings (SSSR count). The molecule has 4 heterocycles. The van der Waals surface area contributed by atoms with E-state index in [-0.39, 0.29) is 30.0 Å². The number of hydrogen-bond donors (Lipinski definition) is 2. The van der Waals surface area contributed by atoms with Crippen LogP contribution in [0.15, 0.2) is 128 Å². The number of hydrogen-bond acceptors (Lipinski definition) is 8. The molecule has 0 spiro atoms. The Balaban J connectivity index is 0.000000194. The van der Waals surface area contributed by atoms with Gasteiger partial charge in [0.05, 0.1) is 25.3 Å². The maximum absolute atomic E-state index is 13.4. The number of nitrogens with zero attached hydrogens (tertiary/aromatic N) is 4. The molecule has 2 saturated heterocycles. The molecule has 12 nitrogen and oxygen atoms in total. The van der Waals surface area contributed by atoms with Gasteiger partial charge in [-0.1, -0.05) is 83.9 Å². The zero-order valence-corrected chi connectivity index (χ0v) is 37.7. The van der Waals surface area contributed by atoms with Gasteiger partial charge in [-0.3, -0.25) is 9.59 Å². The first-order chi connectivity index (χ1) is 31.2. The van der Waals surface area contributed by atoms with Crippen LogP contribution in [0.5, 0.6) is 11.8 Å². The molecular weight excluding hydrogens is 867 g/mol. The molecule has 14 heteroatoms. The Morgan fingerprint density at radius 3 is 1.49 bits per heavy atom. The summed E-state index contributed by atoms with van der Waals surface area (Å²) < 4.78 is 10.7. The largest absolute Gasteiger partial charge is 0.481 e. The molecule has 2 amide bonds. The van der Waals surface area contributed by atoms with Gasteiger partial charge in [-0.2, -0.15) is 0 Å². The average molecular weight is 916 g/mol. The van der Waals surface area contributed by atoms with Crippen molar-refractivity contribution in [3.05, 3.63) is 166 Å². The van der Waals surface area contributed by atoms with E-state index in [0.29, 0.717) is 58.6 Å². The lowest BCUT2D eigenvalue weighted by molar-refractivity contribution is -0.142. The van der Waals surface area contributed by atoms with Gasteiger partial charge in [0, 0.05) is 56.3 Å². The predicted octanol–water partition coefficient (Wildman–Crippen LogP) is 10.8. The quantitative estimate of drug-likeness (QED) is 0.128. The molecule has 0 unspecified atom stereocenters. The summed E-state index contributed by atoms with van der Waals surface area (Å²) in [7, 11) is 1.57. The second-order valence-electron chi connectivity index (χ2n) is 16.1. The van der Waals surface area contributed by atoms with E-state index in [0.717, 1.165) is 39.1 Å². The van der Waals surface area contributed by atoms with E-state index in [1.165, 1.54) is 9.80 Å². The average Bonchev–Trinajstić information content (AvgIpc) is 3.96. The number of aromatic nitrogens is 2. The topological polar surface area (TPSA) is 159 Å². The number of carbonyl (C=O) groups excluding carboxylic acids is 2. The first-order valence-electron chi connectivity index (χ1n) is 21.2. The van der Waals surface area contributed by atoms with Crippen LogP contribution in [-0.4, -0.2) is 79.0 Å². The summed E-state index contributed by atoms with van der Waals surface area (Å²) in [5.41, 5.74) is 6.84. The summed E-state index contributed by atoms with van der Waals surface area (Å²) in [5, 5.41) is 20.5. The molecule has 2 fully saturated rings. The van der Waals surface area contributed by atoms with E-state index < -0.39 is 24.0 Å². The van der Waals surface area contributed by atoms with Crippen molar-refractivity contribution in [1.82, 2.24) is 19.8 Å². The SMILES string of the molecule is CC(C)Oc1ccc(-c2ccc(C(=O)N3[C@@H](c4ccccc4Cl)CC[C@H]3C(=O)O)cc2)cn1.COc1ccc(-c2ccc(C(=O)N3[C@@H](c4ccccc4Cl)CC[C@H]3C(=O)O)cc2)c(C)n1. The zero-order valence-electron chi connectivity index (χ0n) is 36.2. The van der Waals surface area contributed by atoms with E-state index in [2.05, 4.69) is 9.97 Å². The summed E-state index contributed by atoms with van der Waals surface area (Å²) in [4.78, 5) is 62.3. The molecule has 2 aliphatic heterocycles. The molecule has 0 bridgehead atoms. The van der Waals surface area contributed by atoms with Crippen LogP contribution in [0.4, 0.5) is 0 Å². The summed E-state index contributed by atoms with van der Waals surface area (Å²) in [6, 6.07) is 33.7. The number of carboxylic acid groups (broad SMARTS) is 2. The third-order valence-corrected chi connectivity index (χ3v) is 12.3. The second kappa shape index (κ2) is 20.4. The van der Waals surface area contributed by atoms with Crippen LogP contribution in [0.3, 0.4) is 0 Å². The number of carbonyl (C=O) groups is 4. The van der Waals surface area contributed by atoms with Crippen molar-refractivity contribution >= 4 is 47.0 Å². The Kier molecular flexibility index (Phi) is 14.5. The molecule has 65 heavy (non-hydrogen) atoms. The number of ether oxygens (including phenoxy) is 2. The monoisotopic (exact) mass is 914 g/mol. The molecule has 2 aliphatic rings. The smallest absolute Gasteiger partial charge is 0.326 e. The highest BCUT2D eigenvalue weighted by molar-refractivity contribution is 6.31. The van der Waals surface area contributed by atoms with Gasteiger partial charge in [-0.05, 0) is 117 Å². The number of carboxylic acids is 2. The molecular formula is C51H48Cl2N4O8. The maximum Gasteiger partial charge on any atom is 0.326 e. The number of pyridine rings is 2. The summed E-state index contributed by atoms with van der Waals surface area (Å²) in [6.07, 6.45) is 3.62. The highest BCUT2D eigenvalue weighted by atomic mass is 35.5. The van der Waals surface area contributed by atoms with Crippen LogP contribution >= 0.6 is 23.2 Å². The van der Waals surface area contributed by atoms with Gasteiger partial charge in [0.15, 0.2) is 0 Å². The van der Waals surface area contributed by atoms with E-state index >= 15 is 0 Å². The minimum atomic E-state index is -1.01. The Hall–Kier alpha value is -6.76. The Morgan fingerprint density at radius 1 is 0.615 bits per heavy atom. The number of amides is 2. The highest BCUT2D eigenvalue weighted by Gasteiger charge is 2.44. The number of halogens is 2. The number of likely N-dealkylation sites (tertiary alicyclic amines) is 2. The van der Waals surface area contributed by atoms with Crippen molar-refractivity contribution in [2.45, 2.75) is 76.7 Å². The second-order valence-corrected chi connectivity index (χ2v) is 16.9. The van der Waals surface area contributed by atoms with Crippen molar-refractivity contribution in [3.63, 3.8) is 0 Å². The minimum absolute atomic E-state index is 0.0449. The molecule has 2 N–H and O–H groups in total. The first-order valence-corrected chi connectivity index (χ1v) is 22.0. The standard InChI is InChI=1S/C26H25ClN2O4.C25H23ClN2O4/c1-16(2)33-24-14-11-19(15-28-24)17-7-9-18(10-8-17)25(30)29-22(12-13-23(29)26(31)32)20-5-3-4-6-21(20)27;1-15-18(11-14-23(27-15)32-2)16-7-9-17(10-8-16)24(29)28-21(12-13-22(28)25(30)31)19-5-3-4-6-20(19)26/h3-11,14-16,22-23H,12-13H2,1-2H3,(H,31,32);3-11,14,21-22H,12-13H2,1-2H3,(H,30,31)/t22-,23+;21-,22+/m11/s1. The van der Waals surface area contributed by atoms with Crippen LogP contribution in [0.2, 0.25) is 10.0 Å². The fraction of sp³-hybridized carbons (Fsp3) is 0.255. The van der Waals surface area contributed by atoms with Gasteiger partial charge in [-0.15, -0.1) is 0 Å². The molecule has 4 aromatic carbocycles. The van der Waals surface area contributed by atoms with Crippen LogP contribution < -0.4 is 9.47 Å². The van der Waals surface area contributed by atoms with E-state index in [4.69, 9.17) is 32.7 Å². The Bertz CT molecular complexity index is 2680. The van der Waals surface area contributed by atoms with Crippen molar-refractivity contribution in [3.8, 4) is 34.0 Å². The lowest BCUT2D eigenvalue weighted by atomic mass is 10.0. The summed E-state index contributed by atoms with van der Waals surface area (Å²) >= 11 is 12.7. The normalized spacial score (nSPS) is 17.9. The number of benzene rings is 4. The lowest BCUT2D eigenvalue weighted by Gasteiger charge is -2.29. The third-order valence-electron chi connectivity index (χ3n) is 11.6. The van der Waals surface area contributed by atoms with Gasteiger partial charge in [-0.25, -0.2) is 19.6 Å². The van der Waals surface area contributed by atoms with Crippen molar-refractivity contribution in [2.24, 2.45) is 0 Å². The van der Waals surface area contributed by atoms with E-state index in [1.807, 2.05) is 99.6 Å². The highest BCUT2D eigenvalue weighted by Crippen LogP contribution is 2.42. The fourth-order valence-corrected chi connectivity index (χ4v) is 9.01. The molecule has 0 radical (unpaired) electrons. The predicted molar refractivity (Wildman–Crippen MR) is 248 cm³/mol. The third kappa shape index (κ3) is 10.3. The van der Waals surface area contributed by atoms with Crippen molar-refractivity contribution in [2.75, 3.05) is 7.11 Å². The van der Waals surface area contributed by atoms with Crippen molar-refractivity contribution in [1.29, 1.82) is 0 Å². The van der Waals surface area contributed by atoms with Gasteiger partial charge < -0.3 is 29.5 Å². The molecule has 0 aliphatic carbocycles. The van der Waals surface area contributed by atoms with Crippen molar-refractivity contribution < 1.29 is 38.9 Å². The van der Waals surface area contributed by atoms with Crippen LogP contribution in [0.1, 0.15) is 89.2 Å². The van der Waals surface area contributed by atoms with Gasteiger partial charge in [0.1, 0.15) is 12.1 Å². The maximum atomic E-state index is 13.4. The van der Waals surface area contributed by atoms with Crippen LogP contribution in [-0.2, 0) is 9.59 Å². The number of aliphatic carboxylic acids is 2. The fourth-order valence-electron chi connectivity index (χ4n) is 8.49. The van der Waals surface area contributed by atoms with Gasteiger partial charge in [0.2, 0.25) is 11.8 Å². The summed E-state index contributed by atoms with van der Waals surface area (Å²) in [6.45, 7) is 5.78. The number of aryl methyl sites for hydroxylation is 1. The number of methoxy groups -OCH3 is 1. The Morgan fingerprint density at radius 2 is 1.08 bits per heavy atom. The van der Waals surface area contributed by atoms with E-state index in [1.54, 1.807) is 55.8 Å². The molecule has 4 atom stereocenters. The molecule has 2 aromatic heterocycles. The molecule has 0 saturated carbocycles. The van der Waals surface area contributed by atoms with E-state index in [9.17, 15) is 29.4 Å². The zero-order chi connectivity index (χ0) is 46.4. The summed E-state index contributed by atoms with van der Waals surface area (Å²) in [5.74, 6) is -1.57. The van der Waals surface area contributed by atoms with Crippen LogP contribution in [0.25, 0.3) is 22.3 Å². The molecule has 334 valence electrons. The van der Waals surface area contributed by atoms with Gasteiger partial charge >= 0.3 is 11.9 Å². The van der Waals surface area contributed by atoms with Gasteiger partial charge in [0.25, 0.3) is 11.8 Å². The first kappa shape index (κ1) is 46.2. The lowest BCUT2D eigenvalue weighted by Crippen LogP contribution is -2.41. The number of rotatable bonds is 11. The molecule has 6 aromatic rings.